The minimum absolute atomic E-state index is 0.116. The Kier molecular flexibility index (Phi) is 3.07. The highest BCUT2D eigenvalue weighted by Crippen LogP contribution is 2.21. The van der Waals surface area contributed by atoms with Crippen LogP contribution in [0.4, 0.5) is 0 Å². The summed E-state index contributed by atoms with van der Waals surface area (Å²) in [5.41, 5.74) is 2.35. The van der Waals surface area contributed by atoms with Crippen molar-refractivity contribution in [3.63, 3.8) is 0 Å². The van der Waals surface area contributed by atoms with Crippen molar-refractivity contribution in [2.75, 3.05) is 5.75 Å². The highest BCUT2D eigenvalue weighted by atomic mass is 32.2. The number of aryl methyl sites for hydroxylation is 1. The lowest BCUT2D eigenvalue weighted by Gasteiger charge is -2.14. The lowest BCUT2D eigenvalue weighted by atomic mass is 10.1. The fourth-order valence-corrected chi connectivity index (χ4v) is 2.48. The molecule has 15 heavy (non-hydrogen) atoms. The second-order valence-electron chi connectivity index (χ2n) is 3.52. The van der Waals surface area contributed by atoms with Gasteiger partial charge in [-0.05, 0) is 12.5 Å². The zero-order valence-electron chi connectivity index (χ0n) is 8.40. The minimum atomic E-state index is 0.116. The van der Waals surface area contributed by atoms with Gasteiger partial charge in [-0.3, -0.25) is 9.69 Å². The molecule has 0 aliphatic carbocycles. The van der Waals surface area contributed by atoms with Crippen molar-refractivity contribution in [3.05, 3.63) is 35.4 Å². The van der Waals surface area contributed by atoms with Crippen LogP contribution in [0.1, 0.15) is 11.1 Å². The maximum Gasteiger partial charge on any atom is 0.238 e. The van der Waals surface area contributed by atoms with Gasteiger partial charge in [-0.15, -0.1) is 0 Å². The van der Waals surface area contributed by atoms with E-state index in [1.807, 2.05) is 31.2 Å². The number of rotatable bonds is 2. The molecule has 1 aromatic rings. The second kappa shape index (κ2) is 4.33. The molecule has 0 aromatic heterocycles. The fourth-order valence-electron chi connectivity index (χ4n) is 1.41. The highest BCUT2D eigenvalue weighted by molar-refractivity contribution is 8.23. The van der Waals surface area contributed by atoms with Crippen molar-refractivity contribution in [1.29, 1.82) is 0 Å². The number of carbonyl (C=O) groups excluding carboxylic acids is 1. The number of carbonyl (C=O) groups is 1. The predicted octanol–water partition coefficient (Wildman–Crippen LogP) is 2.36. The van der Waals surface area contributed by atoms with E-state index in [1.54, 1.807) is 4.90 Å². The number of nitrogens with zero attached hydrogens (tertiary/aromatic N) is 1. The fraction of sp³-hybridized carbons (Fsp3) is 0.273. The lowest BCUT2D eigenvalue weighted by molar-refractivity contribution is -0.124. The van der Waals surface area contributed by atoms with E-state index in [1.165, 1.54) is 17.3 Å². The zero-order valence-corrected chi connectivity index (χ0v) is 10.0. The Hall–Kier alpha value is -0.870. The number of thiocarbonyl (C=S) groups is 1. The molecule has 0 spiro atoms. The first-order valence-electron chi connectivity index (χ1n) is 4.69. The molecule has 4 heteroatoms. The van der Waals surface area contributed by atoms with Crippen molar-refractivity contribution in [2.24, 2.45) is 0 Å². The van der Waals surface area contributed by atoms with Gasteiger partial charge in [0.05, 0.1) is 12.3 Å². The van der Waals surface area contributed by atoms with Crippen LogP contribution in [0.5, 0.6) is 0 Å². The Bertz CT molecular complexity index is 384. The SMILES string of the molecule is Cc1ccc(CN2C(=O)CSC2=S)cc1. The third-order valence-corrected chi connectivity index (χ3v) is 3.73. The van der Waals surface area contributed by atoms with Crippen LogP contribution in [-0.4, -0.2) is 20.9 Å². The Labute approximate surface area is 98.7 Å². The first-order chi connectivity index (χ1) is 7.16. The zero-order chi connectivity index (χ0) is 10.8. The van der Waals surface area contributed by atoms with Gasteiger partial charge in [-0.2, -0.15) is 0 Å². The smallest absolute Gasteiger partial charge is 0.238 e. The van der Waals surface area contributed by atoms with E-state index in [4.69, 9.17) is 12.2 Å². The molecule has 1 fully saturated rings. The second-order valence-corrected chi connectivity index (χ2v) is 5.13. The summed E-state index contributed by atoms with van der Waals surface area (Å²) >= 11 is 6.55. The first kappa shape index (κ1) is 10.6. The summed E-state index contributed by atoms with van der Waals surface area (Å²) in [4.78, 5) is 13.1. The highest BCUT2D eigenvalue weighted by Gasteiger charge is 2.26. The largest absolute Gasteiger partial charge is 0.293 e. The van der Waals surface area contributed by atoms with Crippen LogP contribution in [0.2, 0.25) is 0 Å². The quantitative estimate of drug-likeness (QED) is 0.736. The van der Waals surface area contributed by atoms with E-state index in [0.717, 1.165) is 5.56 Å². The molecule has 78 valence electrons. The average molecular weight is 237 g/mol. The number of amides is 1. The maximum absolute atomic E-state index is 11.5. The Morgan fingerprint density at radius 2 is 2.07 bits per heavy atom. The van der Waals surface area contributed by atoms with Crippen molar-refractivity contribution in [1.82, 2.24) is 4.90 Å². The normalized spacial score (nSPS) is 16.2. The summed E-state index contributed by atoms with van der Waals surface area (Å²) in [6.07, 6.45) is 0. The first-order valence-corrected chi connectivity index (χ1v) is 6.09. The van der Waals surface area contributed by atoms with E-state index in [0.29, 0.717) is 16.6 Å². The molecular formula is C11H11NOS2. The Morgan fingerprint density at radius 1 is 1.40 bits per heavy atom. The molecule has 1 aliphatic rings. The summed E-state index contributed by atoms with van der Waals surface area (Å²) in [6.45, 7) is 2.65. The Morgan fingerprint density at radius 3 is 2.60 bits per heavy atom. The van der Waals surface area contributed by atoms with Crippen molar-refractivity contribution >= 4 is 34.2 Å². The third-order valence-electron chi connectivity index (χ3n) is 2.30. The monoisotopic (exact) mass is 237 g/mol. The van der Waals surface area contributed by atoms with Crippen LogP contribution >= 0.6 is 24.0 Å². The van der Waals surface area contributed by atoms with Gasteiger partial charge in [-0.25, -0.2) is 0 Å². The van der Waals surface area contributed by atoms with Crippen LogP contribution < -0.4 is 0 Å². The van der Waals surface area contributed by atoms with Gasteiger partial charge in [0.25, 0.3) is 0 Å². The van der Waals surface area contributed by atoms with Crippen LogP contribution in [0.25, 0.3) is 0 Å². The molecule has 0 saturated carbocycles. The number of thioether (sulfide) groups is 1. The van der Waals surface area contributed by atoms with Crippen molar-refractivity contribution in [2.45, 2.75) is 13.5 Å². The van der Waals surface area contributed by atoms with Gasteiger partial charge in [0.2, 0.25) is 5.91 Å². The average Bonchev–Trinajstić information content (AvgIpc) is 2.53. The number of benzene rings is 1. The molecule has 0 radical (unpaired) electrons. The van der Waals surface area contributed by atoms with E-state index < -0.39 is 0 Å². The molecule has 1 aromatic carbocycles. The number of hydrogen-bond acceptors (Lipinski definition) is 3. The van der Waals surface area contributed by atoms with Crippen LogP contribution in [0.3, 0.4) is 0 Å². The van der Waals surface area contributed by atoms with Gasteiger partial charge in [0.1, 0.15) is 4.32 Å². The topological polar surface area (TPSA) is 20.3 Å². The van der Waals surface area contributed by atoms with Crippen molar-refractivity contribution < 1.29 is 4.79 Å². The minimum Gasteiger partial charge on any atom is -0.293 e. The van der Waals surface area contributed by atoms with Gasteiger partial charge < -0.3 is 0 Å². The third kappa shape index (κ3) is 2.38. The summed E-state index contributed by atoms with van der Waals surface area (Å²) in [7, 11) is 0. The van der Waals surface area contributed by atoms with Crippen LogP contribution in [0.15, 0.2) is 24.3 Å². The van der Waals surface area contributed by atoms with E-state index in [-0.39, 0.29) is 5.91 Å². The molecule has 1 aliphatic heterocycles. The van der Waals surface area contributed by atoms with E-state index in [2.05, 4.69) is 0 Å². The maximum atomic E-state index is 11.5. The Balaban J connectivity index is 2.11. The summed E-state index contributed by atoms with van der Waals surface area (Å²) in [5.74, 6) is 0.607. The molecule has 1 saturated heterocycles. The van der Waals surface area contributed by atoms with Crippen LogP contribution in [-0.2, 0) is 11.3 Å². The lowest BCUT2D eigenvalue weighted by Crippen LogP contribution is -2.27. The molecule has 0 N–H and O–H groups in total. The molecule has 0 unspecified atom stereocenters. The summed E-state index contributed by atoms with van der Waals surface area (Å²) < 4.78 is 0.695. The van der Waals surface area contributed by atoms with E-state index in [9.17, 15) is 4.79 Å². The molecule has 0 atom stereocenters. The molecule has 2 nitrogen and oxygen atoms in total. The van der Waals surface area contributed by atoms with Gasteiger partial charge in [-0.1, -0.05) is 53.8 Å². The predicted molar refractivity (Wildman–Crippen MR) is 66.8 cm³/mol. The molecule has 1 heterocycles. The van der Waals surface area contributed by atoms with Gasteiger partial charge in [0.15, 0.2) is 0 Å². The molecule has 0 bridgehead atoms. The van der Waals surface area contributed by atoms with Gasteiger partial charge in [0, 0.05) is 0 Å². The van der Waals surface area contributed by atoms with E-state index >= 15 is 0 Å². The molecule has 1 amide bonds. The molecule has 2 rings (SSSR count). The summed E-state index contributed by atoms with van der Waals surface area (Å²) in [6, 6.07) is 8.17. The van der Waals surface area contributed by atoms with Gasteiger partial charge >= 0.3 is 0 Å². The summed E-state index contributed by atoms with van der Waals surface area (Å²) in [5, 5.41) is 0. The molecular weight excluding hydrogens is 226 g/mol. The standard InChI is InChI=1S/C11H11NOS2/c1-8-2-4-9(5-3-8)6-12-10(13)7-15-11(12)14/h2-5H,6-7H2,1H3. The van der Waals surface area contributed by atoms with Crippen molar-refractivity contribution in [3.8, 4) is 0 Å². The van der Waals surface area contributed by atoms with Crippen LogP contribution in [0, 0.1) is 6.92 Å². The number of hydrogen-bond donors (Lipinski definition) is 0.